The lowest BCUT2D eigenvalue weighted by atomic mass is 10.1. The van der Waals surface area contributed by atoms with Crippen LogP contribution in [0.2, 0.25) is 0 Å². The molecule has 0 amide bonds. The molecule has 20 heavy (non-hydrogen) atoms. The lowest BCUT2D eigenvalue weighted by molar-refractivity contribution is -0.139. The molecule has 0 fully saturated rings. The first-order valence-electron chi connectivity index (χ1n) is 6.34. The quantitative estimate of drug-likeness (QED) is 0.695. The van der Waals surface area contributed by atoms with Crippen LogP contribution in [-0.2, 0) is 17.9 Å². The van der Waals surface area contributed by atoms with Gasteiger partial charge in [0.15, 0.2) is 0 Å². The van der Waals surface area contributed by atoms with Crippen LogP contribution in [-0.4, -0.2) is 32.6 Å². The molecule has 1 atom stereocenters. The van der Waals surface area contributed by atoms with Crippen LogP contribution in [0.5, 0.6) is 0 Å². The standard InChI is InChI=1S/C14H17N3O3/c18-7-6-17-10-11(9-16-17)8-15-13(14(19)20)12-4-2-1-3-5-12/h1-5,9-10,13,15,18H,6-8H2,(H,19,20). The van der Waals surface area contributed by atoms with E-state index in [1.807, 2.05) is 18.2 Å². The fourth-order valence-corrected chi connectivity index (χ4v) is 1.94. The van der Waals surface area contributed by atoms with Gasteiger partial charge in [0.25, 0.3) is 0 Å². The van der Waals surface area contributed by atoms with Gasteiger partial charge >= 0.3 is 5.97 Å². The number of aliphatic carboxylic acids is 1. The highest BCUT2D eigenvalue weighted by Gasteiger charge is 2.18. The predicted molar refractivity (Wildman–Crippen MR) is 73.0 cm³/mol. The summed E-state index contributed by atoms with van der Waals surface area (Å²) in [7, 11) is 0. The van der Waals surface area contributed by atoms with Gasteiger partial charge in [-0.2, -0.15) is 5.10 Å². The zero-order valence-corrected chi connectivity index (χ0v) is 10.9. The molecule has 2 rings (SSSR count). The highest BCUT2D eigenvalue weighted by atomic mass is 16.4. The number of nitrogens with zero attached hydrogens (tertiary/aromatic N) is 2. The fourth-order valence-electron chi connectivity index (χ4n) is 1.94. The van der Waals surface area contributed by atoms with Crippen molar-refractivity contribution in [1.82, 2.24) is 15.1 Å². The van der Waals surface area contributed by atoms with E-state index in [1.165, 1.54) is 0 Å². The molecule has 0 aliphatic carbocycles. The number of aliphatic hydroxyl groups excluding tert-OH is 1. The second-order valence-electron chi connectivity index (χ2n) is 4.40. The summed E-state index contributed by atoms with van der Waals surface area (Å²) in [4.78, 5) is 11.3. The first-order chi connectivity index (χ1) is 9.70. The van der Waals surface area contributed by atoms with Gasteiger partial charge in [-0.25, -0.2) is 0 Å². The van der Waals surface area contributed by atoms with Crippen molar-refractivity contribution < 1.29 is 15.0 Å². The third-order valence-electron chi connectivity index (χ3n) is 2.91. The minimum Gasteiger partial charge on any atom is -0.480 e. The zero-order chi connectivity index (χ0) is 14.4. The molecule has 0 spiro atoms. The number of carboxylic acid groups (broad SMARTS) is 1. The second-order valence-corrected chi connectivity index (χ2v) is 4.40. The monoisotopic (exact) mass is 275 g/mol. The van der Waals surface area contributed by atoms with Crippen molar-refractivity contribution in [3.8, 4) is 0 Å². The summed E-state index contributed by atoms with van der Waals surface area (Å²) < 4.78 is 1.62. The number of rotatable bonds is 7. The van der Waals surface area contributed by atoms with E-state index in [0.29, 0.717) is 18.7 Å². The largest absolute Gasteiger partial charge is 0.480 e. The van der Waals surface area contributed by atoms with Gasteiger partial charge in [-0.1, -0.05) is 30.3 Å². The molecule has 0 aliphatic rings. The molecule has 106 valence electrons. The Morgan fingerprint density at radius 2 is 2.10 bits per heavy atom. The van der Waals surface area contributed by atoms with Crippen molar-refractivity contribution in [2.75, 3.05) is 6.61 Å². The molecule has 0 aliphatic heterocycles. The number of hydrogen-bond acceptors (Lipinski definition) is 4. The molecule has 0 bridgehead atoms. The van der Waals surface area contributed by atoms with Crippen LogP contribution in [0.15, 0.2) is 42.7 Å². The first kappa shape index (κ1) is 14.2. The van der Waals surface area contributed by atoms with Crippen LogP contribution in [0, 0.1) is 0 Å². The summed E-state index contributed by atoms with van der Waals surface area (Å²) in [6, 6.07) is 8.28. The van der Waals surface area contributed by atoms with Gasteiger partial charge in [0.05, 0.1) is 19.3 Å². The van der Waals surface area contributed by atoms with Gasteiger partial charge in [-0.3, -0.25) is 14.8 Å². The molecule has 1 aromatic carbocycles. The Kier molecular flexibility index (Phi) is 4.86. The molecule has 3 N–H and O–H groups in total. The fraction of sp³-hybridized carbons (Fsp3) is 0.286. The average Bonchev–Trinajstić information content (AvgIpc) is 2.88. The normalized spacial score (nSPS) is 12.2. The van der Waals surface area contributed by atoms with Crippen molar-refractivity contribution in [2.45, 2.75) is 19.1 Å². The van der Waals surface area contributed by atoms with Gasteiger partial charge in [0, 0.05) is 18.3 Å². The number of nitrogens with one attached hydrogen (secondary N) is 1. The summed E-state index contributed by atoms with van der Waals surface area (Å²) in [6.07, 6.45) is 3.44. The third kappa shape index (κ3) is 3.66. The van der Waals surface area contributed by atoms with Crippen molar-refractivity contribution in [3.63, 3.8) is 0 Å². The van der Waals surface area contributed by atoms with E-state index >= 15 is 0 Å². The Balaban J connectivity index is 2.00. The molecule has 6 nitrogen and oxygen atoms in total. The van der Waals surface area contributed by atoms with Crippen molar-refractivity contribution in [2.24, 2.45) is 0 Å². The third-order valence-corrected chi connectivity index (χ3v) is 2.91. The van der Waals surface area contributed by atoms with Crippen LogP contribution in [0.4, 0.5) is 0 Å². The Labute approximate surface area is 116 Å². The summed E-state index contributed by atoms with van der Waals surface area (Å²) >= 11 is 0. The van der Waals surface area contributed by atoms with Crippen LogP contribution in [0.1, 0.15) is 17.2 Å². The van der Waals surface area contributed by atoms with Crippen LogP contribution in [0.3, 0.4) is 0 Å². The number of aromatic nitrogens is 2. The Bertz CT molecular complexity index is 554. The average molecular weight is 275 g/mol. The van der Waals surface area contributed by atoms with E-state index in [2.05, 4.69) is 10.4 Å². The molecular formula is C14H17N3O3. The molecule has 0 radical (unpaired) electrons. The van der Waals surface area contributed by atoms with E-state index < -0.39 is 12.0 Å². The number of carboxylic acids is 1. The molecule has 1 aromatic heterocycles. The number of benzene rings is 1. The van der Waals surface area contributed by atoms with Gasteiger partial charge < -0.3 is 10.2 Å². The number of carbonyl (C=O) groups is 1. The lowest BCUT2D eigenvalue weighted by Gasteiger charge is -2.14. The molecule has 2 aromatic rings. The van der Waals surface area contributed by atoms with Crippen LogP contribution in [0.25, 0.3) is 0 Å². The Morgan fingerprint density at radius 3 is 2.75 bits per heavy atom. The van der Waals surface area contributed by atoms with Gasteiger partial charge in [-0.05, 0) is 5.56 Å². The van der Waals surface area contributed by atoms with Crippen LogP contribution >= 0.6 is 0 Å². The smallest absolute Gasteiger partial charge is 0.325 e. The SMILES string of the molecule is O=C(O)C(NCc1cnn(CCO)c1)c1ccccc1. The minimum atomic E-state index is -0.918. The molecule has 0 saturated heterocycles. The zero-order valence-electron chi connectivity index (χ0n) is 10.9. The maximum atomic E-state index is 11.3. The van der Waals surface area contributed by atoms with E-state index in [9.17, 15) is 9.90 Å². The van der Waals surface area contributed by atoms with E-state index in [-0.39, 0.29) is 6.61 Å². The summed E-state index contributed by atoms with van der Waals surface area (Å²) in [5, 5.41) is 25.2. The maximum absolute atomic E-state index is 11.3. The van der Waals surface area contributed by atoms with E-state index in [4.69, 9.17) is 5.11 Å². The second kappa shape index (κ2) is 6.83. The van der Waals surface area contributed by atoms with Crippen LogP contribution < -0.4 is 5.32 Å². The summed E-state index contributed by atoms with van der Waals surface area (Å²) in [5.41, 5.74) is 1.59. The Hall–Kier alpha value is -2.18. The first-order valence-corrected chi connectivity index (χ1v) is 6.34. The maximum Gasteiger partial charge on any atom is 0.325 e. The van der Waals surface area contributed by atoms with E-state index in [0.717, 1.165) is 5.56 Å². The molecule has 0 saturated carbocycles. The Morgan fingerprint density at radius 1 is 1.35 bits per heavy atom. The predicted octanol–water partition coefficient (Wildman–Crippen LogP) is 0.791. The van der Waals surface area contributed by atoms with Crippen molar-refractivity contribution in [1.29, 1.82) is 0 Å². The topological polar surface area (TPSA) is 87.4 Å². The van der Waals surface area contributed by atoms with Gasteiger partial charge in [0.2, 0.25) is 0 Å². The minimum absolute atomic E-state index is 0.0241. The van der Waals surface area contributed by atoms with E-state index in [1.54, 1.807) is 29.2 Å². The lowest BCUT2D eigenvalue weighted by Crippen LogP contribution is -2.27. The number of aliphatic hydroxyl groups is 1. The molecular weight excluding hydrogens is 258 g/mol. The number of hydrogen-bond donors (Lipinski definition) is 3. The summed E-state index contributed by atoms with van der Waals surface area (Å²) in [5.74, 6) is -0.918. The molecule has 1 unspecified atom stereocenters. The summed E-state index contributed by atoms with van der Waals surface area (Å²) in [6.45, 7) is 0.856. The molecule has 6 heteroatoms. The highest BCUT2D eigenvalue weighted by molar-refractivity contribution is 5.75. The molecule has 1 heterocycles. The van der Waals surface area contributed by atoms with Gasteiger partial charge in [0.1, 0.15) is 6.04 Å². The van der Waals surface area contributed by atoms with Crippen molar-refractivity contribution >= 4 is 5.97 Å². The van der Waals surface area contributed by atoms with Gasteiger partial charge in [-0.15, -0.1) is 0 Å². The highest BCUT2D eigenvalue weighted by Crippen LogP contribution is 2.13. The van der Waals surface area contributed by atoms with Crippen molar-refractivity contribution in [3.05, 3.63) is 53.9 Å².